The average Bonchev–Trinajstić information content (AvgIpc) is 3.08. The van der Waals surface area contributed by atoms with E-state index in [4.69, 9.17) is 0 Å². The Bertz CT molecular complexity index is 1510. The summed E-state index contributed by atoms with van der Waals surface area (Å²) in [5, 5.41) is 0. The van der Waals surface area contributed by atoms with Crippen molar-refractivity contribution < 1.29 is 39.9 Å². The fourth-order valence-corrected chi connectivity index (χ4v) is 8.26. The number of unbranched alkanes of at least 4 members (excludes halogenated alkanes) is 7. The summed E-state index contributed by atoms with van der Waals surface area (Å²) in [7, 11) is 0. The van der Waals surface area contributed by atoms with E-state index in [-0.39, 0.29) is 29.2 Å². The molecule has 2 aliphatic rings. The highest BCUT2D eigenvalue weighted by atomic mass is 19.3. The van der Waals surface area contributed by atoms with E-state index in [1.54, 1.807) is 6.07 Å². The first-order valence-electron chi connectivity index (χ1n) is 18.5. The maximum atomic E-state index is 15.4. The molecule has 0 unspecified atom stereocenters. The van der Waals surface area contributed by atoms with Crippen LogP contribution >= 0.6 is 0 Å². The molecule has 9 heteroatoms. The van der Waals surface area contributed by atoms with E-state index >= 15 is 4.39 Å². The minimum absolute atomic E-state index is 0.129. The van der Waals surface area contributed by atoms with Gasteiger partial charge in [-0.15, -0.1) is 0 Å². The molecule has 0 heterocycles. The molecule has 3 aromatic rings. The van der Waals surface area contributed by atoms with Gasteiger partial charge in [-0.2, -0.15) is 8.78 Å². The lowest BCUT2D eigenvalue weighted by Crippen LogP contribution is -2.25. The number of halogens is 8. The third-order valence-electron chi connectivity index (χ3n) is 11.1. The van der Waals surface area contributed by atoms with Gasteiger partial charge in [0.2, 0.25) is 0 Å². The zero-order chi connectivity index (χ0) is 35.8. The molecule has 5 rings (SSSR count). The fraction of sp³-hybridized carbons (Fsp3) is 0.561. The van der Waals surface area contributed by atoms with Crippen LogP contribution in [-0.4, -0.2) is 0 Å². The molecule has 274 valence electrons. The van der Waals surface area contributed by atoms with Crippen LogP contribution in [0, 0.1) is 52.7 Å². The fourth-order valence-electron chi connectivity index (χ4n) is 8.26. The molecule has 0 saturated heterocycles. The molecule has 0 N–H and O–H groups in total. The third-order valence-corrected chi connectivity index (χ3v) is 11.1. The van der Waals surface area contributed by atoms with Crippen molar-refractivity contribution in [3.8, 4) is 16.9 Å². The van der Waals surface area contributed by atoms with Crippen molar-refractivity contribution in [1.82, 2.24) is 0 Å². The summed E-state index contributed by atoms with van der Waals surface area (Å²) in [6.07, 6.45) is 16.8. The van der Waals surface area contributed by atoms with Crippen molar-refractivity contribution in [2.45, 2.75) is 128 Å². The molecule has 0 spiro atoms. The Morgan fingerprint density at radius 2 is 1.14 bits per heavy atom. The molecule has 2 fully saturated rings. The molecule has 0 bridgehead atoms. The number of rotatable bonds is 15. The van der Waals surface area contributed by atoms with E-state index in [2.05, 4.69) is 11.7 Å². The molecule has 0 aliphatic heterocycles. The zero-order valence-electron chi connectivity index (χ0n) is 28.8. The topological polar surface area (TPSA) is 9.23 Å². The lowest BCUT2D eigenvalue weighted by atomic mass is 9.68. The van der Waals surface area contributed by atoms with Gasteiger partial charge in [-0.05, 0) is 91.5 Å². The van der Waals surface area contributed by atoms with Gasteiger partial charge in [-0.3, -0.25) is 0 Å². The van der Waals surface area contributed by atoms with E-state index < -0.39 is 52.3 Å². The Kier molecular flexibility index (Phi) is 13.3. The molecule has 3 aromatic carbocycles. The summed E-state index contributed by atoms with van der Waals surface area (Å²) in [5.74, 6) is -8.49. The molecule has 0 radical (unpaired) electrons. The van der Waals surface area contributed by atoms with E-state index in [1.165, 1.54) is 95.6 Å². The smallest absolute Gasteiger partial charge is 0.429 e. The molecule has 1 nitrogen and oxygen atoms in total. The summed E-state index contributed by atoms with van der Waals surface area (Å²) >= 11 is 0. The predicted molar refractivity (Wildman–Crippen MR) is 180 cm³/mol. The van der Waals surface area contributed by atoms with Gasteiger partial charge < -0.3 is 4.74 Å². The minimum atomic E-state index is -4.73. The number of hydrogen-bond acceptors (Lipinski definition) is 1. The van der Waals surface area contributed by atoms with Crippen LogP contribution in [0.2, 0.25) is 0 Å². The van der Waals surface area contributed by atoms with Crippen molar-refractivity contribution in [3.63, 3.8) is 0 Å². The highest BCUT2D eigenvalue weighted by Gasteiger charge is 2.42. The molecular formula is C41H48F8O. The van der Waals surface area contributed by atoms with Crippen molar-refractivity contribution in [3.05, 3.63) is 88.5 Å². The van der Waals surface area contributed by atoms with E-state index in [0.717, 1.165) is 43.1 Å². The first-order chi connectivity index (χ1) is 24.0. The first kappa shape index (κ1) is 38.1. The summed E-state index contributed by atoms with van der Waals surface area (Å²) < 4.78 is 119. The summed E-state index contributed by atoms with van der Waals surface area (Å²) in [5.41, 5.74) is -1.50. The van der Waals surface area contributed by atoms with Crippen LogP contribution in [0.15, 0.2) is 42.5 Å². The average molecular weight is 709 g/mol. The molecule has 2 aliphatic carbocycles. The largest absolute Gasteiger partial charge is 0.432 e. The van der Waals surface area contributed by atoms with Crippen molar-refractivity contribution in [2.24, 2.45) is 17.8 Å². The van der Waals surface area contributed by atoms with Crippen LogP contribution in [0.25, 0.3) is 11.1 Å². The van der Waals surface area contributed by atoms with Crippen LogP contribution in [0.1, 0.15) is 133 Å². The van der Waals surface area contributed by atoms with Crippen molar-refractivity contribution >= 4 is 0 Å². The van der Waals surface area contributed by atoms with Crippen molar-refractivity contribution in [2.75, 3.05) is 0 Å². The summed E-state index contributed by atoms with van der Waals surface area (Å²) in [6, 6.07) is 5.84. The molecular weight excluding hydrogens is 660 g/mol. The predicted octanol–water partition coefficient (Wildman–Crippen LogP) is 13.9. The van der Waals surface area contributed by atoms with Gasteiger partial charge in [0.15, 0.2) is 17.5 Å². The number of benzene rings is 3. The quantitative estimate of drug-likeness (QED) is 0.0868. The monoisotopic (exact) mass is 708 g/mol. The van der Waals surface area contributed by atoms with Gasteiger partial charge in [0.05, 0.1) is 0 Å². The van der Waals surface area contributed by atoms with Gasteiger partial charge in [0.1, 0.15) is 28.8 Å². The second-order valence-corrected chi connectivity index (χ2v) is 14.5. The van der Waals surface area contributed by atoms with Crippen LogP contribution < -0.4 is 4.74 Å². The molecule has 2 saturated carbocycles. The molecule has 0 aromatic heterocycles. The molecule has 50 heavy (non-hydrogen) atoms. The summed E-state index contributed by atoms with van der Waals surface area (Å²) in [4.78, 5) is 0. The molecule has 0 atom stereocenters. The Balaban J connectivity index is 1.12. The lowest BCUT2D eigenvalue weighted by molar-refractivity contribution is -0.189. The van der Waals surface area contributed by atoms with Crippen LogP contribution in [0.5, 0.6) is 5.75 Å². The van der Waals surface area contributed by atoms with Crippen LogP contribution in [0.3, 0.4) is 0 Å². The molecule has 0 amide bonds. The van der Waals surface area contributed by atoms with Gasteiger partial charge in [-0.25, -0.2) is 26.3 Å². The maximum Gasteiger partial charge on any atom is 0.432 e. The van der Waals surface area contributed by atoms with Crippen LogP contribution in [0.4, 0.5) is 35.1 Å². The number of hydrogen-bond donors (Lipinski definition) is 0. The van der Waals surface area contributed by atoms with Gasteiger partial charge >= 0.3 is 6.11 Å². The Hall–Kier alpha value is -3.10. The zero-order valence-corrected chi connectivity index (χ0v) is 28.8. The highest BCUT2D eigenvalue weighted by molar-refractivity contribution is 5.65. The van der Waals surface area contributed by atoms with Crippen LogP contribution in [-0.2, 0) is 6.11 Å². The van der Waals surface area contributed by atoms with E-state index in [0.29, 0.717) is 18.1 Å². The Morgan fingerprint density at radius 3 is 1.70 bits per heavy atom. The van der Waals surface area contributed by atoms with E-state index in [9.17, 15) is 30.7 Å². The second-order valence-electron chi connectivity index (χ2n) is 14.5. The van der Waals surface area contributed by atoms with Crippen molar-refractivity contribution in [1.29, 1.82) is 0 Å². The van der Waals surface area contributed by atoms with Gasteiger partial charge in [0.25, 0.3) is 0 Å². The van der Waals surface area contributed by atoms with Gasteiger partial charge in [-0.1, -0.05) is 89.7 Å². The highest BCUT2D eigenvalue weighted by Crippen LogP contribution is 2.45. The first-order valence-corrected chi connectivity index (χ1v) is 18.5. The second kappa shape index (κ2) is 17.4. The normalized spacial score (nSPS) is 21.4. The Labute approximate surface area is 290 Å². The minimum Gasteiger partial charge on any atom is -0.429 e. The standard InChI is InChI=1S/C41H48F8O/c1-2-3-4-5-6-7-8-9-10-26-11-13-27(14-12-26)28-15-17-29(18-16-28)30-19-20-33(34(42)21-30)31-22-35(43)39(36(44)23-31)41(48,49)50-32-24-37(45)40(47)38(46)25-32/h19-29H,2-18H2,1H3. The number of ether oxygens (including phenoxy) is 1. The van der Waals surface area contributed by atoms with Gasteiger partial charge in [0, 0.05) is 17.7 Å². The number of alkyl halides is 2. The lowest BCUT2D eigenvalue weighted by Gasteiger charge is -2.38. The third kappa shape index (κ3) is 9.61. The summed E-state index contributed by atoms with van der Waals surface area (Å²) in [6.45, 7) is 2.25. The Morgan fingerprint density at radius 1 is 0.600 bits per heavy atom. The van der Waals surface area contributed by atoms with E-state index in [1.807, 2.05) is 0 Å². The SMILES string of the molecule is CCCCCCCCCCC1CCC(C2CCC(c3ccc(-c4cc(F)c(C(F)(F)Oc5cc(F)c(F)c(F)c5)c(F)c4)c(F)c3)CC2)CC1. The maximum absolute atomic E-state index is 15.4.